The van der Waals surface area contributed by atoms with Gasteiger partial charge in [-0.2, -0.15) is 0 Å². The largest absolute Gasteiger partial charge is 0.491 e. The molecule has 2 aromatic carbocycles. The Morgan fingerprint density at radius 1 is 1.11 bits per heavy atom. The Kier molecular flexibility index (Phi) is 11.6. The van der Waals surface area contributed by atoms with Crippen molar-refractivity contribution in [3.8, 4) is 16.2 Å². The van der Waals surface area contributed by atoms with Crippen LogP contribution >= 0.6 is 11.3 Å². The number of ether oxygens (including phenoxy) is 3. The zero-order valence-electron chi connectivity index (χ0n) is 27.4. The van der Waals surface area contributed by atoms with Gasteiger partial charge >= 0.3 is 0 Å². The zero-order chi connectivity index (χ0) is 33.5. The molecule has 0 spiro atoms. The fraction of sp³-hybridized carbons (Fsp3) is 0.486. The molecule has 12 heteroatoms. The van der Waals surface area contributed by atoms with Gasteiger partial charge < -0.3 is 34.4 Å². The molecule has 11 nitrogen and oxygen atoms in total. The average molecular weight is 665 g/mol. The summed E-state index contributed by atoms with van der Waals surface area (Å²) in [4.78, 5) is 49.4. The van der Waals surface area contributed by atoms with Crippen LogP contribution in [0.25, 0.3) is 10.4 Å². The van der Waals surface area contributed by atoms with E-state index in [0.717, 1.165) is 27.3 Å². The Morgan fingerprint density at radius 2 is 1.87 bits per heavy atom. The van der Waals surface area contributed by atoms with Gasteiger partial charge in [-0.25, -0.2) is 4.98 Å². The van der Waals surface area contributed by atoms with Crippen LogP contribution in [-0.4, -0.2) is 95.4 Å². The minimum atomic E-state index is -0.874. The number of amides is 3. The predicted octanol–water partition coefficient (Wildman–Crippen LogP) is 3.81. The quantitative estimate of drug-likeness (QED) is 0.235. The minimum Gasteiger partial charge on any atom is -0.491 e. The molecule has 3 aromatic rings. The van der Waals surface area contributed by atoms with Crippen LogP contribution in [0.2, 0.25) is 0 Å². The number of benzene rings is 2. The highest BCUT2D eigenvalue weighted by atomic mass is 32.1. The molecule has 2 N–H and O–H groups in total. The number of nitrogens with zero attached hydrogens (tertiary/aromatic N) is 3. The number of hydrogen-bond acceptors (Lipinski definition) is 9. The Morgan fingerprint density at radius 3 is 2.60 bits per heavy atom. The summed E-state index contributed by atoms with van der Waals surface area (Å²) in [6.45, 7) is 10.5. The normalized spacial score (nSPS) is 18.1. The van der Waals surface area contributed by atoms with E-state index in [1.165, 1.54) is 4.90 Å². The van der Waals surface area contributed by atoms with Crippen LogP contribution in [-0.2, 0) is 32.2 Å². The number of aromatic nitrogens is 1. The number of aryl methyl sites for hydroxylation is 1. The van der Waals surface area contributed by atoms with Crippen LogP contribution in [0, 0.1) is 12.8 Å². The molecule has 3 heterocycles. The molecule has 0 bridgehead atoms. The number of β-amino-alcohol motifs (C(OH)–C–C–N with tert-alkyl or cyclic N) is 1. The number of rotatable bonds is 15. The molecule has 47 heavy (non-hydrogen) atoms. The monoisotopic (exact) mass is 664 g/mol. The van der Waals surface area contributed by atoms with Crippen molar-refractivity contribution in [1.82, 2.24) is 20.1 Å². The second kappa shape index (κ2) is 15.8. The molecule has 2 aliphatic rings. The first-order valence-electron chi connectivity index (χ1n) is 16.2. The fourth-order valence-corrected chi connectivity index (χ4v) is 6.99. The highest BCUT2D eigenvalue weighted by molar-refractivity contribution is 7.13. The van der Waals surface area contributed by atoms with E-state index in [2.05, 4.69) is 10.3 Å². The summed E-state index contributed by atoms with van der Waals surface area (Å²) in [5.74, 6) is -0.504. The molecule has 0 aliphatic carbocycles. The first kappa shape index (κ1) is 34.5. The Balaban J connectivity index is 1.28. The van der Waals surface area contributed by atoms with E-state index >= 15 is 0 Å². The van der Waals surface area contributed by atoms with E-state index < -0.39 is 18.2 Å². The number of carbonyl (C=O) groups excluding carboxylic acids is 3. The molecule has 1 aromatic heterocycles. The molecule has 0 unspecified atom stereocenters. The number of hydrogen-bond donors (Lipinski definition) is 2. The number of nitrogens with one attached hydrogen (secondary N) is 1. The summed E-state index contributed by atoms with van der Waals surface area (Å²) >= 11 is 1.54. The van der Waals surface area contributed by atoms with E-state index in [0.29, 0.717) is 50.9 Å². The molecular formula is C35H44N4O7S. The fourth-order valence-electron chi connectivity index (χ4n) is 6.19. The standard InChI is InChI=1S/C35H44N4O7S/c1-5-44-12-13-45-14-15-46-30-16-24(32-23(4)37-21-47-32)10-11-25(30)18-36-33(41)29-17-27(40)20-38(29)35(43)31(22(2)3)39-19-26-8-6-7-9-28(26)34(39)42/h6-11,16,21-22,27,29,31,40H,5,12-15,17-20H2,1-4H3,(H,36,41)/t27-,29+,31+/m1/s1. The number of likely N-dealkylation sites (tertiary alicyclic amines) is 1. The third-order valence-corrected chi connectivity index (χ3v) is 9.50. The Bertz CT molecular complexity index is 1560. The van der Waals surface area contributed by atoms with Crippen molar-refractivity contribution >= 4 is 29.1 Å². The van der Waals surface area contributed by atoms with Gasteiger partial charge in [-0.15, -0.1) is 11.3 Å². The SMILES string of the molecule is CCOCCOCCOc1cc(-c2scnc2C)ccc1CNC(=O)[C@@H]1C[C@@H](O)CN1C(=O)[C@H](C(C)C)N1Cc2ccccc2C1=O. The molecule has 1 saturated heterocycles. The lowest BCUT2D eigenvalue weighted by molar-refractivity contribution is -0.143. The molecule has 1 fully saturated rings. The van der Waals surface area contributed by atoms with Gasteiger partial charge in [-0.05, 0) is 43.0 Å². The summed E-state index contributed by atoms with van der Waals surface area (Å²) in [5.41, 5.74) is 5.91. The van der Waals surface area contributed by atoms with Crippen molar-refractivity contribution in [2.24, 2.45) is 5.92 Å². The van der Waals surface area contributed by atoms with Crippen molar-refractivity contribution in [3.05, 3.63) is 70.4 Å². The van der Waals surface area contributed by atoms with Gasteiger partial charge in [0.2, 0.25) is 11.8 Å². The van der Waals surface area contributed by atoms with Gasteiger partial charge in [0, 0.05) is 43.8 Å². The number of carbonyl (C=O) groups is 3. The van der Waals surface area contributed by atoms with Crippen LogP contribution < -0.4 is 10.1 Å². The zero-order valence-corrected chi connectivity index (χ0v) is 28.3. The summed E-state index contributed by atoms with van der Waals surface area (Å²) in [6, 6.07) is 11.5. The van der Waals surface area contributed by atoms with Crippen molar-refractivity contribution in [3.63, 3.8) is 0 Å². The van der Waals surface area contributed by atoms with Crippen LogP contribution in [0.1, 0.15) is 54.4 Å². The maximum atomic E-state index is 14.1. The molecule has 0 radical (unpaired) electrons. The average Bonchev–Trinajstić information content (AvgIpc) is 3.76. The van der Waals surface area contributed by atoms with Crippen molar-refractivity contribution in [2.75, 3.05) is 39.6 Å². The number of aliphatic hydroxyl groups is 1. The van der Waals surface area contributed by atoms with Crippen LogP contribution in [0.4, 0.5) is 0 Å². The minimum absolute atomic E-state index is 0.0235. The van der Waals surface area contributed by atoms with Gasteiger partial charge in [-0.3, -0.25) is 14.4 Å². The van der Waals surface area contributed by atoms with E-state index in [1.807, 2.05) is 64.1 Å². The van der Waals surface area contributed by atoms with Gasteiger partial charge in [0.25, 0.3) is 5.91 Å². The van der Waals surface area contributed by atoms with E-state index in [1.54, 1.807) is 27.8 Å². The summed E-state index contributed by atoms with van der Waals surface area (Å²) in [7, 11) is 0. The second-order valence-electron chi connectivity index (χ2n) is 12.1. The molecule has 2 aliphatic heterocycles. The maximum Gasteiger partial charge on any atom is 0.255 e. The first-order valence-corrected chi connectivity index (χ1v) is 17.0. The lowest BCUT2D eigenvalue weighted by Gasteiger charge is -2.35. The highest BCUT2D eigenvalue weighted by Crippen LogP contribution is 2.33. The maximum absolute atomic E-state index is 14.1. The van der Waals surface area contributed by atoms with Gasteiger partial charge in [-0.1, -0.05) is 44.2 Å². The number of aliphatic hydroxyl groups excluding tert-OH is 1. The highest BCUT2D eigenvalue weighted by Gasteiger charge is 2.45. The molecule has 3 atom stereocenters. The van der Waals surface area contributed by atoms with E-state index in [4.69, 9.17) is 14.2 Å². The van der Waals surface area contributed by atoms with E-state index in [9.17, 15) is 19.5 Å². The predicted molar refractivity (Wildman–Crippen MR) is 178 cm³/mol. The summed E-state index contributed by atoms with van der Waals surface area (Å²) in [5, 5.41) is 13.6. The molecule has 3 amide bonds. The van der Waals surface area contributed by atoms with Crippen molar-refractivity contribution < 1.29 is 33.7 Å². The van der Waals surface area contributed by atoms with Gasteiger partial charge in [0.05, 0.1) is 42.0 Å². The van der Waals surface area contributed by atoms with Crippen LogP contribution in [0.15, 0.2) is 48.0 Å². The van der Waals surface area contributed by atoms with E-state index in [-0.39, 0.29) is 43.1 Å². The third kappa shape index (κ3) is 8.01. The van der Waals surface area contributed by atoms with Crippen molar-refractivity contribution in [1.29, 1.82) is 0 Å². The number of fused-ring (bicyclic) bond motifs is 1. The molecule has 0 saturated carbocycles. The van der Waals surface area contributed by atoms with Crippen LogP contribution in [0.5, 0.6) is 5.75 Å². The lowest BCUT2D eigenvalue weighted by atomic mass is 10.0. The lowest BCUT2D eigenvalue weighted by Crippen LogP contribution is -2.55. The Labute approximate surface area is 279 Å². The topological polar surface area (TPSA) is 131 Å². The molecule has 252 valence electrons. The number of thiazole rings is 1. The summed E-state index contributed by atoms with van der Waals surface area (Å²) < 4.78 is 17.1. The smallest absolute Gasteiger partial charge is 0.255 e. The summed E-state index contributed by atoms with van der Waals surface area (Å²) in [6.07, 6.45) is -0.736. The second-order valence-corrected chi connectivity index (χ2v) is 13.0. The van der Waals surface area contributed by atoms with Gasteiger partial charge in [0.1, 0.15) is 24.4 Å². The molecule has 5 rings (SSSR count). The molecular weight excluding hydrogens is 620 g/mol. The third-order valence-electron chi connectivity index (χ3n) is 8.52. The van der Waals surface area contributed by atoms with Crippen LogP contribution in [0.3, 0.4) is 0 Å². The first-order chi connectivity index (χ1) is 22.7. The Hall–Kier alpha value is -3.84. The van der Waals surface area contributed by atoms with Crippen molar-refractivity contribution in [2.45, 2.75) is 65.4 Å². The van der Waals surface area contributed by atoms with Gasteiger partial charge in [0.15, 0.2) is 0 Å².